The van der Waals surface area contributed by atoms with E-state index in [0.717, 1.165) is 5.56 Å². The largest absolute Gasteiger partial charge is 0.488 e. The summed E-state index contributed by atoms with van der Waals surface area (Å²) in [5.41, 5.74) is 1.36. The number of carbonyl (C=O) groups excluding carboxylic acids is 4. The van der Waals surface area contributed by atoms with Crippen molar-refractivity contribution < 1.29 is 47.6 Å². The number of ether oxygens (including phenoxy) is 6. The van der Waals surface area contributed by atoms with E-state index in [1.54, 1.807) is 42.5 Å². The molecule has 3 rings (SSSR count). The average Bonchev–Trinajstić information content (AvgIpc) is 3.21. The molecular formula is C25H26O10. The Balaban J connectivity index is 1.68. The zero-order valence-electron chi connectivity index (χ0n) is 19.6. The second-order valence-electron chi connectivity index (χ2n) is 7.67. The van der Waals surface area contributed by atoms with Crippen molar-refractivity contribution in [2.24, 2.45) is 0 Å². The molecule has 1 aliphatic heterocycles. The molecule has 1 saturated heterocycles. The summed E-state index contributed by atoms with van der Waals surface area (Å²) in [4.78, 5) is 46.0. The van der Waals surface area contributed by atoms with Crippen molar-refractivity contribution in [2.75, 3.05) is 13.7 Å². The van der Waals surface area contributed by atoms with E-state index in [-0.39, 0.29) is 30.9 Å². The van der Waals surface area contributed by atoms with E-state index in [9.17, 15) is 19.2 Å². The minimum Gasteiger partial charge on any atom is -0.488 e. The van der Waals surface area contributed by atoms with Crippen LogP contribution in [0.3, 0.4) is 0 Å². The molecule has 1 unspecified atom stereocenters. The molecule has 0 saturated carbocycles. The molecule has 0 amide bonds. The number of carbonyl (C=O) groups is 4. The minimum atomic E-state index is -0.847. The van der Waals surface area contributed by atoms with Crippen LogP contribution in [-0.2, 0) is 35.1 Å². The Kier molecular flexibility index (Phi) is 8.80. The summed E-state index contributed by atoms with van der Waals surface area (Å²) in [6.07, 6.45) is -1.44. The maximum absolute atomic E-state index is 11.9. The molecule has 10 heteroatoms. The van der Waals surface area contributed by atoms with Crippen molar-refractivity contribution in [3.63, 3.8) is 0 Å². The van der Waals surface area contributed by atoms with Gasteiger partial charge in [0.1, 0.15) is 36.9 Å². The SMILES string of the molecule is COC(=O)c1ccc(COc2cccc(O[C@H]3CC(OC(C)=O)[C@@H](COC(C)=O)O3)c2C=O)cc1. The van der Waals surface area contributed by atoms with Gasteiger partial charge in [0.25, 0.3) is 0 Å². The molecule has 0 N–H and O–H groups in total. The summed E-state index contributed by atoms with van der Waals surface area (Å²) in [5, 5.41) is 0. The highest BCUT2D eigenvalue weighted by atomic mass is 16.7. The summed E-state index contributed by atoms with van der Waals surface area (Å²) >= 11 is 0. The van der Waals surface area contributed by atoms with Crippen LogP contribution in [0.4, 0.5) is 0 Å². The van der Waals surface area contributed by atoms with E-state index in [4.69, 9.17) is 23.7 Å². The molecule has 1 heterocycles. The zero-order valence-corrected chi connectivity index (χ0v) is 19.6. The van der Waals surface area contributed by atoms with Gasteiger partial charge in [0.15, 0.2) is 6.29 Å². The van der Waals surface area contributed by atoms with Crippen LogP contribution in [0.2, 0.25) is 0 Å². The van der Waals surface area contributed by atoms with Crippen molar-refractivity contribution >= 4 is 24.2 Å². The van der Waals surface area contributed by atoms with Crippen LogP contribution in [0.1, 0.15) is 46.5 Å². The van der Waals surface area contributed by atoms with Crippen LogP contribution in [0.25, 0.3) is 0 Å². The zero-order chi connectivity index (χ0) is 25.4. The first-order chi connectivity index (χ1) is 16.8. The van der Waals surface area contributed by atoms with E-state index in [0.29, 0.717) is 17.6 Å². The molecule has 10 nitrogen and oxygen atoms in total. The Morgan fingerprint density at radius 3 is 2.37 bits per heavy atom. The van der Waals surface area contributed by atoms with Gasteiger partial charge in [-0.15, -0.1) is 0 Å². The number of hydrogen-bond acceptors (Lipinski definition) is 10. The Bertz CT molecular complexity index is 1060. The average molecular weight is 486 g/mol. The molecule has 2 aromatic rings. The Morgan fingerprint density at radius 1 is 1.03 bits per heavy atom. The van der Waals surface area contributed by atoms with E-state index in [2.05, 4.69) is 4.74 Å². The maximum Gasteiger partial charge on any atom is 0.337 e. The van der Waals surface area contributed by atoms with Crippen LogP contribution in [0.5, 0.6) is 11.5 Å². The molecule has 0 radical (unpaired) electrons. The number of esters is 3. The van der Waals surface area contributed by atoms with Gasteiger partial charge in [0.05, 0.1) is 18.2 Å². The van der Waals surface area contributed by atoms with Gasteiger partial charge in [-0.25, -0.2) is 4.79 Å². The molecule has 0 aromatic heterocycles. The number of benzene rings is 2. The molecule has 0 spiro atoms. The lowest BCUT2D eigenvalue weighted by molar-refractivity contribution is -0.157. The predicted molar refractivity (Wildman–Crippen MR) is 120 cm³/mol. The summed E-state index contributed by atoms with van der Waals surface area (Å²) in [7, 11) is 1.31. The molecule has 0 bridgehead atoms. The fraction of sp³-hybridized carbons (Fsp3) is 0.360. The Labute approximate surface area is 202 Å². The van der Waals surface area contributed by atoms with E-state index < -0.39 is 36.4 Å². The van der Waals surface area contributed by atoms with Crippen molar-refractivity contribution in [3.05, 3.63) is 59.2 Å². The van der Waals surface area contributed by atoms with Crippen molar-refractivity contribution in [3.8, 4) is 11.5 Å². The number of methoxy groups -OCH3 is 1. The van der Waals surface area contributed by atoms with Crippen molar-refractivity contribution in [2.45, 2.75) is 45.4 Å². The van der Waals surface area contributed by atoms with E-state index in [1.165, 1.54) is 21.0 Å². The maximum atomic E-state index is 11.9. The van der Waals surface area contributed by atoms with Crippen LogP contribution < -0.4 is 9.47 Å². The van der Waals surface area contributed by atoms with Gasteiger partial charge in [-0.2, -0.15) is 0 Å². The lowest BCUT2D eigenvalue weighted by Gasteiger charge is -2.18. The third kappa shape index (κ3) is 7.03. The topological polar surface area (TPSA) is 124 Å². The summed E-state index contributed by atoms with van der Waals surface area (Å²) < 4.78 is 32.4. The molecule has 3 atom stereocenters. The van der Waals surface area contributed by atoms with E-state index >= 15 is 0 Å². The highest BCUT2D eigenvalue weighted by Gasteiger charge is 2.40. The summed E-state index contributed by atoms with van der Waals surface area (Å²) in [5.74, 6) is -0.923. The molecule has 1 aliphatic rings. The molecule has 0 aliphatic carbocycles. The summed E-state index contributed by atoms with van der Waals surface area (Å²) in [6, 6.07) is 11.6. The van der Waals surface area contributed by atoms with Gasteiger partial charge in [0.2, 0.25) is 6.29 Å². The first-order valence-electron chi connectivity index (χ1n) is 10.8. The Hall–Kier alpha value is -3.92. The third-order valence-corrected chi connectivity index (χ3v) is 5.11. The Morgan fingerprint density at radius 2 is 1.74 bits per heavy atom. The van der Waals surface area contributed by atoms with Crippen LogP contribution in [0.15, 0.2) is 42.5 Å². The fourth-order valence-electron chi connectivity index (χ4n) is 3.47. The van der Waals surface area contributed by atoms with Gasteiger partial charge in [-0.1, -0.05) is 18.2 Å². The van der Waals surface area contributed by atoms with Crippen LogP contribution in [-0.4, -0.2) is 56.4 Å². The fourth-order valence-corrected chi connectivity index (χ4v) is 3.47. The molecule has 186 valence electrons. The van der Waals surface area contributed by atoms with Gasteiger partial charge in [0, 0.05) is 20.3 Å². The summed E-state index contributed by atoms with van der Waals surface area (Å²) in [6.45, 7) is 2.57. The second-order valence-corrected chi connectivity index (χ2v) is 7.67. The third-order valence-electron chi connectivity index (χ3n) is 5.11. The van der Waals surface area contributed by atoms with E-state index in [1.807, 2.05) is 0 Å². The normalized spacial score (nSPS) is 18.9. The van der Waals surface area contributed by atoms with Gasteiger partial charge in [-0.05, 0) is 29.8 Å². The van der Waals surface area contributed by atoms with Crippen LogP contribution in [0, 0.1) is 0 Å². The molecular weight excluding hydrogens is 460 g/mol. The highest BCUT2D eigenvalue weighted by Crippen LogP contribution is 2.32. The standard InChI is InChI=1S/C25H26O10/c1-15(27)31-14-23-22(33-16(2)28)11-24(35-23)34-21-6-4-5-20(19(21)12-26)32-13-17-7-9-18(10-8-17)25(29)30-3/h4-10,12,22-24H,11,13-14H2,1-3H3/t22?,23-,24-/m1/s1. The van der Waals surface area contributed by atoms with Crippen molar-refractivity contribution in [1.82, 2.24) is 0 Å². The molecule has 35 heavy (non-hydrogen) atoms. The first kappa shape index (κ1) is 25.7. The van der Waals surface area contributed by atoms with Gasteiger partial charge < -0.3 is 28.4 Å². The monoisotopic (exact) mass is 486 g/mol. The van der Waals surface area contributed by atoms with Gasteiger partial charge in [-0.3, -0.25) is 14.4 Å². The smallest absolute Gasteiger partial charge is 0.337 e. The van der Waals surface area contributed by atoms with Crippen LogP contribution >= 0.6 is 0 Å². The minimum absolute atomic E-state index is 0.106. The number of hydrogen-bond donors (Lipinski definition) is 0. The highest BCUT2D eigenvalue weighted by molar-refractivity contribution is 5.89. The molecule has 1 fully saturated rings. The van der Waals surface area contributed by atoms with Crippen molar-refractivity contribution in [1.29, 1.82) is 0 Å². The lowest BCUT2D eigenvalue weighted by Crippen LogP contribution is -2.31. The quantitative estimate of drug-likeness (QED) is 0.281. The second kappa shape index (κ2) is 12.0. The molecule has 2 aromatic carbocycles. The lowest BCUT2D eigenvalue weighted by atomic mass is 10.1. The predicted octanol–water partition coefficient (Wildman–Crippen LogP) is 2.85. The number of rotatable bonds is 10. The number of aldehydes is 1. The first-order valence-corrected chi connectivity index (χ1v) is 10.8. The van der Waals surface area contributed by atoms with Gasteiger partial charge >= 0.3 is 17.9 Å².